The fraction of sp³-hybridized carbons (Fsp3) is 0.308. The molecule has 2 N–H and O–H groups in total. The fourth-order valence-corrected chi connectivity index (χ4v) is 1.80. The molecular formula is C13H16N2O. The number of hydrogen-bond acceptors (Lipinski definition) is 3. The molecule has 0 radical (unpaired) electrons. The summed E-state index contributed by atoms with van der Waals surface area (Å²) in [5.74, 6) is 1.15. The van der Waals surface area contributed by atoms with Crippen molar-refractivity contribution in [3.05, 3.63) is 53.7 Å². The summed E-state index contributed by atoms with van der Waals surface area (Å²) in [6.45, 7) is 4.04. The van der Waals surface area contributed by atoms with Crippen LogP contribution in [-0.2, 0) is 0 Å². The van der Waals surface area contributed by atoms with E-state index in [1.54, 1.807) is 18.7 Å². The predicted molar refractivity (Wildman–Crippen MR) is 63.0 cm³/mol. The zero-order valence-electron chi connectivity index (χ0n) is 9.55. The largest absolute Gasteiger partial charge is 0.469 e. The van der Waals surface area contributed by atoms with Gasteiger partial charge in [0.1, 0.15) is 5.76 Å². The van der Waals surface area contributed by atoms with Crippen LogP contribution in [0.2, 0.25) is 0 Å². The smallest absolute Gasteiger partial charge is 0.101 e. The third kappa shape index (κ3) is 2.14. The molecule has 2 aromatic rings. The van der Waals surface area contributed by atoms with E-state index < -0.39 is 0 Å². The molecule has 2 aromatic heterocycles. The average molecular weight is 216 g/mol. The molecule has 0 saturated heterocycles. The normalized spacial score (nSPS) is 14.7. The monoisotopic (exact) mass is 216 g/mol. The minimum Gasteiger partial charge on any atom is -0.469 e. The van der Waals surface area contributed by atoms with Crippen LogP contribution in [-0.4, -0.2) is 4.98 Å². The number of rotatable bonds is 3. The van der Waals surface area contributed by atoms with Gasteiger partial charge < -0.3 is 10.2 Å². The first-order valence-electron chi connectivity index (χ1n) is 5.39. The Morgan fingerprint density at radius 3 is 2.50 bits per heavy atom. The molecule has 2 heterocycles. The van der Waals surface area contributed by atoms with Crippen LogP contribution in [0.1, 0.15) is 35.8 Å². The molecule has 2 atom stereocenters. The zero-order valence-corrected chi connectivity index (χ0v) is 9.55. The van der Waals surface area contributed by atoms with Crippen molar-refractivity contribution in [3.8, 4) is 0 Å². The fourth-order valence-electron chi connectivity index (χ4n) is 1.80. The van der Waals surface area contributed by atoms with Crippen LogP contribution in [0, 0.1) is 6.92 Å². The van der Waals surface area contributed by atoms with Crippen molar-refractivity contribution >= 4 is 0 Å². The van der Waals surface area contributed by atoms with Gasteiger partial charge >= 0.3 is 0 Å². The van der Waals surface area contributed by atoms with Crippen molar-refractivity contribution in [1.82, 2.24) is 4.98 Å². The van der Waals surface area contributed by atoms with E-state index in [0.29, 0.717) is 0 Å². The summed E-state index contributed by atoms with van der Waals surface area (Å²) in [5.41, 5.74) is 8.44. The van der Waals surface area contributed by atoms with E-state index in [9.17, 15) is 0 Å². The van der Waals surface area contributed by atoms with Crippen LogP contribution in [0.4, 0.5) is 0 Å². The Morgan fingerprint density at radius 2 is 1.94 bits per heavy atom. The Hall–Kier alpha value is -1.61. The van der Waals surface area contributed by atoms with Gasteiger partial charge in [-0.3, -0.25) is 4.98 Å². The molecule has 0 saturated carbocycles. The molecule has 3 heteroatoms. The number of aromatic nitrogens is 1. The second-order valence-electron chi connectivity index (χ2n) is 4.09. The van der Waals surface area contributed by atoms with Crippen molar-refractivity contribution < 1.29 is 4.42 Å². The van der Waals surface area contributed by atoms with E-state index in [0.717, 1.165) is 11.3 Å². The van der Waals surface area contributed by atoms with Gasteiger partial charge in [0, 0.05) is 29.9 Å². The maximum atomic E-state index is 6.20. The Kier molecular flexibility index (Phi) is 3.06. The first-order chi connectivity index (χ1) is 7.68. The molecule has 16 heavy (non-hydrogen) atoms. The Bertz CT molecular complexity index is 450. The van der Waals surface area contributed by atoms with E-state index >= 15 is 0 Å². The SMILES string of the molecule is Cc1cc(C(N)C(C)c2ccncc2)co1. The van der Waals surface area contributed by atoms with Crippen molar-refractivity contribution in [2.45, 2.75) is 25.8 Å². The van der Waals surface area contributed by atoms with Crippen molar-refractivity contribution in [2.24, 2.45) is 5.73 Å². The minimum atomic E-state index is -0.0418. The molecule has 3 nitrogen and oxygen atoms in total. The second-order valence-corrected chi connectivity index (χ2v) is 4.09. The van der Waals surface area contributed by atoms with Gasteiger partial charge in [-0.2, -0.15) is 0 Å². The van der Waals surface area contributed by atoms with Gasteiger partial charge in [0.2, 0.25) is 0 Å². The van der Waals surface area contributed by atoms with Crippen molar-refractivity contribution in [3.63, 3.8) is 0 Å². The molecule has 0 fully saturated rings. The predicted octanol–water partition coefficient (Wildman–Crippen LogP) is 2.79. The third-order valence-corrected chi connectivity index (χ3v) is 2.91. The number of furan rings is 1. The summed E-state index contributed by atoms with van der Waals surface area (Å²) >= 11 is 0. The maximum absolute atomic E-state index is 6.20. The topological polar surface area (TPSA) is 52.0 Å². The first-order valence-corrected chi connectivity index (χ1v) is 5.39. The molecule has 0 aromatic carbocycles. The van der Waals surface area contributed by atoms with Crippen LogP contribution in [0.15, 0.2) is 41.3 Å². The van der Waals surface area contributed by atoms with E-state index in [1.165, 1.54) is 5.56 Å². The molecular weight excluding hydrogens is 200 g/mol. The van der Waals surface area contributed by atoms with Crippen molar-refractivity contribution in [1.29, 1.82) is 0 Å². The number of nitrogens with zero attached hydrogens (tertiary/aromatic N) is 1. The van der Waals surface area contributed by atoms with E-state index in [-0.39, 0.29) is 12.0 Å². The lowest BCUT2D eigenvalue weighted by atomic mass is 9.91. The van der Waals surface area contributed by atoms with Gasteiger partial charge in [-0.15, -0.1) is 0 Å². The summed E-state index contributed by atoms with van der Waals surface area (Å²) in [6, 6.07) is 5.94. The highest BCUT2D eigenvalue weighted by Crippen LogP contribution is 2.28. The van der Waals surface area contributed by atoms with Crippen LogP contribution < -0.4 is 5.73 Å². The number of nitrogens with two attached hydrogens (primary N) is 1. The molecule has 0 bridgehead atoms. The highest BCUT2D eigenvalue weighted by Gasteiger charge is 2.18. The Morgan fingerprint density at radius 1 is 1.25 bits per heavy atom. The van der Waals surface area contributed by atoms with E-state index in [1.807, 2.05) is 25.1 Å². The molecule has 2 unspecified atom stereocenters. The maximum Gasteiger partial charge on any atom is 0.101 e. The third-order valence-electron chi connectivity index (χ3n) is 2.91. The van der Waals surface area contributed by atoms with Gasteiger partial charge in [-0.05, 0) is 30.7 Å². The average Bonchev–Trinajstić information content (AvgIpc) is 2.75. The van der Waals surface area contributed by atoms with Gasteiger partial charge in [0.15, 0.2) is 0 Å². The van der Waals surface area contributed by atoms with Gasteiger partial charge in [-0.25, -0.2) is 0 Å². The molecule has 0 aliphatic heterocycles. The highest BCUT2D eigenvalue weighted by molar-refractivity contribution is 5.24. The molecule has 2 rings (SSSR count). The molecule has 0 aliphatic rings. The minimum absolute atomic E-state index is 0.0418. The number of aryl methyl sites for hydroxylation is 1. The molecule has 84 valence electrons. The zero-order chi connectivity index (χ0) is 11.5. The lowest BCUT2D eigenvalue weighted by Crippen LogP contribution is -2.17. The summed E-state index contributed by atoms with van der Waals surface area (Å²) in [4.78, 5) is 4.00. The lowest BCUT2D eigenvalue weighted by molar-refractivity contribution is 0.521. The Labute approximate surface area is 95.3 Å². The second kappa shape index (κ2) is 4.49. The molecule has 0 aliphatic carbocycles. The van der Waals surface area contributed by atoms with E-state index in [4.69, 9.17) is 10.2 Å². The molecule has 0 spiro atoms. The van der Waals surface area contributed by atoms with Gasteiger partial charge in [0.05, 0.1) is 6.26 Å². The molecule has 0 amide bonds. The van der Waals surface area contributed by atoms with Crippen LogP contribution in [0.25, 0.3) is 0 Å². The summed E-state index contributed by atoms with van der Waals surface area (Å²) in [7, 11) is 0. The first kappa shape index (κ1) is 10.9. The van der Waals surface area contributed by atoms with Crippen LogP contribution in [0.5, 0.6) is 0 Å². The summed E-state index contributed by atoms with van der Waals surface area (Å²) < 4.78 is 5.28. The quantitative estimate of drug-likeness (QED) is 0.858. The van der Waals surface area contributed by atoms with Crippen LogP contribution >= 0.6 is 0 Å². The standard InChI is InChI=1S/C13H16N2O/c1-9-7-12(8-16-9)13(14)10(2)11-3-5-15-6-4-11/h3-8,10,13H,14H2,1-2H3. The number of hydrogen-bond donors (Lipinski definition) is 1. The van der Waals surface area contributed by atoms with E-state index in [2.05, 4.69) is 11.9 Å². The van der Waals surface area contributed by atoms with Gasteiger partial charge in [0.25, 0.3) is 0 Å². The van der Waals surface area contributed by atoms with Gasteiger partial charge in [-0.1, -0.05) is 6.92 Å². The summed E-state index contributed by atoms with van der Waals surface area (Å²) in [5, 5.41) is 0. The number of pyridine rings is 1. The lowest BCUT2D eigenvalue weighted by Gasteiger charge is -2.18. The van der Waals surface area contributed by atoms with Crippen LogP contribution in [0.3, 0.4) is 0 Å². The summed E-state index contributed by atoms with van der Waals surface area (Å²) in [6.07, 6.45) is 5.32. The van der Waals surface area contributed by atoms with Crippen molar-refractivity contribution in [2.75, 3.05) is 0 Å². The highest BCUT2D eigenvalue weighted by atomic mass is 16.3. The Balaban J connectivity index is 2.19.